The first-order valence-corrected chi connectivity index (χ1v) is 7.25. The Labute approximate surface area is 93.4 Å². The molecule has 0 atom stereocenters. The summed E-state index contributed by atoms with van der Waals surface area (Å²) in [6.45, 7) is 0. The average molecular weight is 248 g/mol. The van der Waals surface area contributed by atoms with E-state index in [0.717, 1.165) is 14.8 Å². The Morgan fingerprint density at radius 1 is 1.46 bits per heavy atom. The van der Waals surface area contributed by atoms with Gasteiger partial charge < -0.3 is 0 Å². The van der Waals surface area contributed by atoms with Crippen molar-refractivity contribution in [2.45, 2.75) is 9.24 Å². The van der Waals surface area contributed by atoms with Gasteiger partial charge in [0, 0.05) is 4.90 Å². The molecule has 0 aliphatic rings. The van der Waals surface area contributed by atoms with E-state index in [1.54, 1.807) is 23.1 Å². The zero-order valence-electron chi connectivity index (χ0n) is 6.78. The second-order valence-corrected chi connectivity index (χ2v) is 5.56. The van der Waals surface area contributed by atoms with Crippen LogP contribution in [0.25, 0.3) is 10.2 Å². The molecule has 68 valence electrons. The lowest BCUT2D eigenvalue weighted by atomic mass is 10.3. The third-order valence-electron chi connectivity index (χ3n) is 1.60. The van der Waals surface area contributed by atoms with Gasteiger partial charge in [-0.05, 0) is 46.1 Å². The summed E-state index contributed by atoms with van der Waals surface area (Å²) in [7, 11) is 6.91. The average Bonchev–Trinajstić information content (AvgIpc) is 2.58. The van der Waals surface area contributed by atoms with Crippen LogP contribution in [0.2, 0.25) is 0 Å². The van der Waals surface area contributed by atoms with Crippen LogP contribution >= 0.6 is 44.8 Å². The Morgan fingerprint density at radius 2 is 2.31 bits per heavy atom. The molecule has 0 bridgehead atoms. The summed E-state index contributed by atoms with van der Waals surface area (Å²) in [5, 5.41) is 0. The van der Waals surface area contributed by atoms with Crippen molar-refractivity contribution in [3.05, 3.63) is 18.2 Å². The molecule has 1 aromatic carbocycles. The van der Waals surface area contributed by atoms with Crippen molar-refractivity contribution in [3.8, 4) is 0 Å². The predicted molar refractivity (Wildman–Crippen MR) is 63.1 cm³/mol. The molecule has 2 aromatic rings. The van der Waals surface area contributed by atoms with Crippen LogP contribution in [0.15, 0.2) is 27.4 Å². The van der Waals surface area contributed by atoms with Crippen LogP contribution in [0.3, 0.4) is 0 Å². The lowest BCUT2D eigenvalue weighted by molar-refractivity contribution is 1.30. The van der Waals surface area contributed by atoms with Crippen LogP contribution in [0.4, 0.5) is 0 Å². The largest absolute Gasteiger partial charge is 0.230 e. The van der Waals surface area contributed by atoms with E-state index in [1.165, 1.54) is 15.7 Å². The van der Waals surface area contributed by atoms with Crippen LogP contribution < -0.4 is 0 Å². The van der Waals surface area contributed by atoms with E-state index >= 15 is 0 Å². The minimum atomic E-state index is 1.06. The van der Waals surface area contributed by atoms with Gasteiger partial charge in [-0.1, -0.05) is 11.8 Å². The molecule has 0 N–H and O–H groups in total. The maximum absolute atomic E-state index is 5.66. The van der Waals surface area contributed by atoms with Gasteiger partial charge in [-0.15, -0.1) is 11.3 Å². The van der Waals surface area contributed by atoms with E-state index in [4.69, 9.17) is 10.7 Å². The molecule has 2 rings (SSSR count). The van der Waals surface area contributed by atoms with Gasteiger partial charge in [0.2, 0.25) is 0 Å². The number of thiazole rings is 1. The van der Waals surface area contributed by atoms with Gasteiger partial charge in [0.15, 0.2) is 4.34 Å². The maximum atomic E-state index is 5.66. The smallest absolute Gasteiger partial charge is 0.150 e. The highest BCUT2D eigenvalue weighted by atomic mass is 35.7. The Hall–Kier alpha value is 0.1000. The van der Waals surface area contributed by atoms with Crippen LogP contribution in [0, 0.1) is 0 Å². The van der Waals surface area contributed by atoms with Crippen LogP contribution in [-0.4, -0.2) is 11.2 Å². The second-order valence-electron chi connectivity index (χ2n) is 2.39. The molecule has 0 aliphatic heterocycles. The second kappa shape index (κ2) is 4.09. The van der Waals surface area contributed by atoms with Crippen molar-refractivity contribution >= 4 is 55.0 Å². The number of aromatic nitrogens is 1. The van der Waals surface area contributed by atoms with Gasteiger partial charge in [-0.3, -0.25) is 0 Å². The maximum Gasteiger partial charge on any atom is 0.150 e. The summed E-state index contributed by atoms with van der Waals surface area (Å²) >= 11 is 3.38. The lowest BCUT2D eigenvalue weighted by Crippen LogP contribution is -1.68. The molecule has 1 aromatic heterocycles. The number of fused-ring (bicyclic) bond motifs is 1. The molecule has 1 heterocycles. The first-order valence-electron chi connectivity index (χ1n) is 3.56. The number of hydrogen-bond donors (Lipinski definition) is 0. The van der Waals surface area contributed by atoms with E-state index < -0.39 is 0 Å². The third-order valence-corrected chi connectivity index (χ3v) is 4.57. The molecule has 13 heavy (non-hydrogen) atoms. The first kappa shape index (κ1) is 9.65. The molecule has 0 amide bonds. The summed E-state index contributed by atoms with van der Waals surface area (Å²) in [4.78, 5) is 5.51. The number of hydrogen-bond acceptors (Lipinski definition) is 4. The van der Waals surface area contributed by atoms with Crippen LogP contribution in [0.1, 0.15) is 0 Å². The standard InChI is InChI=1S/C8H6ClNS3/c1-11-8-10-6-3-2-5(13-9)4-7(6)12-8/h2-4H,1H3. The summed E-state index contributed by atoms with van der Waals surface area (Å²) in [5.74, 6) is 0. The van der Waals surface area contributed by atoms with Crippen molar-refractivity contribution in [1.82, 2.24) is 4.98 Å². The number of nitrogens with zero attached hydrogens (tertiary/aromatic N) is 1. The van der Waals surface area contributed by atoms with Crippen molar-refractivity contribution in [2.75, 3.05) is 6.26 Å². The topological polar surface area (TPSA) is 12.9 Å². The molecule has 0 saturated carbocycles. The molecule has 0 radical (unpaired) electrons. The van der Waals surface area contributed by atoms with Crippen molar-refractivity contribution in [2.24, 2.45) is 0 Å². The van der Waals surface area contributed by atoms with E-state index in [1.807, 2.05) is 18.4 Å². The number of benzene rings is 1. The molecule has 0 fully saturated rings. The minimum Gasteiger partial charge on any atom is -0.230 e. The highest BCUT2D eigenvalue weighted by Gasteiger charge is 2.03. The molecule has 0 aliphatic carbocycles. The molecule has 1 nitrogen and oxygen atoms in total. The number of thioether (sulfide) groups is 1. The van der Waals surface area contributed by atoms with E-state index in [2.05, 4.69) is 11.1 Å². The Morgan fingerprint density at radius 3 is 3.00 bits per heavy atom. The number of rotatable bonds is 2. The highest BCUT2D eigenvalue weighted by molar-refractivity contribution is 8.21. The summed E-state index contributed by atoms with van der Waals surface area (Å²) in [6.07, 6.45) is 2.04. The van der Waals surface area contributed by atoms with Crippen LogP contribution in [0.5, 0.6) is 0 Å². The zero-order valence-corrected chi connectivity index (χ0v) is 9.99. The Bertz CT molecular complexity index is 424. The quantitative estimate of drug-likeness (QED) is 0.736. The molecule has 0 unspecified atom stereocenters. The fourth-order valence-corrected chi connectivity index (χ4v) is 3.19. The normalized spacial score (nSPS) is 10.9. The van der Waals surface area contributed by atoms with Gasteiger partial charge >= 0.3 is 0 Å². The summed E-state index contributed by atoms with van der Waals surface area (Å²) in [5.41, 5.74) is 1.06. The first-order chi connectivity index (χ1) is 6.33. The SMILES string of the molecule is CSc1nc2ccc(SCl)cc2s1. The molecule has 0 spiro atoms. The van der Waals surface area contributed by atoms with Gasteiger partial charge in [-0.2, -0.15) is 0 Å². The summed E-state index contributed by atoms with van der Waals surface area (Å²) < 4.78 is 2.31. The zero-order chi connectivity index (χ0) is 9.26. The van der Waals surface area contributed by atoms with E-state index in [9.17, 15) is 0 Å². The lowest BCUT2D eigenvalue weighted by Gasteiger charge is -1.91. The molecule has 0 saturated heterocycles. The molecular formula is C8H6ClNS3. The predicted octanol–water partition coefficient (Wildman–Crippen LogP) is 4.26. The van der Waals surface area contributed by atoms with E-state index in [0.29, 0.717) is 0 Å². The fraction of sp³-hybridized carbons (Fsp3) is 0.125. The van der Waals surface area contributed by atoms with E-state index in [-0.39, 0.29) is 0 Å². The van der Waals surface area contributed by atoms with Gasteiger partial charge in [0.1, 0.15) is 0 Å². The minimum absolute atomic E-state index is 1.06. The monoisotopic (exact) mass is 247 g/mol. The summed E-state index contributed by atoms with van der Waals surface area (Å²) in [6, 6.07) is 6.07. The Kier molecular flexibility index (Phi) is 3.03. The highest BCUT2D eigenvalue weighted by Crippen LogP contribution is 2.32. The fourth-order valence-electron chi connectivity index (χ4n) is 1.02. The third kappa shape index (κ3) is 1.96. The van der Waals surface area contributed by atoms with Crippen molar-refractivity contribution in [1.29, 1.82) is 0 Å². The van der Waals surface area contributed by atoms with Crippen molar-refractivity contribution < 1.29 is 0 Å². The molecular weight excluding hydrogens is 242 g/mol. The van der Waals surface area contributed by atoms with Gasteiger partial charge in [-0.25, -0.2) is 4.98 Å². The Balaban J connectivity index is 2.57. The van der Waals surface area contributed by atoms with Crippen molar-refractivity contribution in [3.63, 3.8) is 0 Å². The van der Waals surface area contributed by atoms with Gasteiger partial charge in [0.25, 0.3) is 0 Å². The number of halogens is 1. The van der Waals surface area contributed by atoms with Gasteiger partial charge in [0.05, 0.1) is 10.2 Å². The van der Waals surface area contributed by atoms with Crippen LogP contribution in [-0.2, 0) is 0 Å². The molecule has 5 heteroatoms.